The highest BCUT2D eigenvalue weighted by Gasteiger charge is 2.15. The number of hydrogen-bond acceptors (Lipinski definition) is 2. The minimum atomic E-state index is -0.904. The van der Waals surface area contributed by atoms with Gasteiger partial charge in [-0.1, -0.05) is 17.7 Å². The van der Waals surface area contributed by atoms with Crippen LogP contribution in [0.1, 0.15) is 18.6 Å². The van der Waals surface area contributed by atoms with Crippen LogP contribution in [-0.4, -0.2) is 14.9 Å². The van der Waals surface area contributed by atoms with Gasteiger partial charge in [0.2, 0.25) is 0 Å². The third-order valence-corrected chi connectivity index (χ3v) is 2.44. The van der Waals surface area contributed by atoms with E-state index in [0.29, 0.717) is 10.7 Å². The van der Waals surface area contributed by atoms with Gasteiger partial charge in [0.05, 0.1) is 23.0 Å². The van der Waals surface area contributed by atoms with Gasteiger partial charge in [0.1, 0.15) is 5.82 Å². The molecule has 1 N–H and O–H groups in total. The normalized spacial score (nSPS) is 12.8. The molecule has 1 heterocycles. The van der Waals surface area contributed by atoms with Crippen LogP contribution in [-0.2, 0) is 0 Å². The van der Waals surface area contributed by atoms with E-state index in [0.717, 1.165) is 0 Å². The Kier molecular flexibility index (Phi) is 2.94. The zero-order chi connectivity index (χ0) is 11.7. The lowest BCUT2D eigenvalue weighted by Crippen LogP contribution is -2.05. The molecule has 0 spiro atoms. The summed E-state index contributed by atoms with van der Waals surface area (Å²) in [6.07, 6.45) is 2.11. The van der Waals surface area contributed by atoms with Crippen molar-refractivity contribution in [1.82, 2.24) is 9.78 Å². The molecule has 0 fully saturated rings. The van der Waals surface area contributed by atoms with Crippen molar-refractivity contribution in [1.29, 1.82) is 0 Å². The summed E-state index contributed by atoms with van der Waals surface area (Å²) < 4.78 is 15.0. The van der Waals surface area contributed by atoms with Crippen molar-refractivity contribution in [3.05, 3.63) is 47.0 Å². The Morgan fingerprint density at radius 1 is 1.50 bits per heavy atom. The molecule has 1 aromatic carbocycles. The van der Waals surface area contributed by atoms with Crippen LogP contribution in [0.2, 0.25) is 5.02 Å². The number of aliphatic hydroxyl groups excluding tert-OH is 1. The van der Waals surface area contributed by atoms with Crippen LogP contribution in [0.5, 0.6) is 0 Å². The van der Waals surface area contributed by atoms with Crippen LogP contribution in [0.3, 0.4) is 0 Å². The molecule has 2 rings (SSSR count). The third-order valence-electron chi connectivity index (χ3n) is 2.25. The van der Waals surface area contributed by atoms with Crippen LogP contribution in [0.4, 0.5) is 4.39 Å². The molecule has 1 atom stereocenters. The Labute approximate surface area is 97.1 Å². The summed E-state index contributed by atoms with van der Waals surface area (Å²) >= 11 is 5.74. The van der Waals surface area contributed by atoms with E-state index in [2.05, 4.69) is 5.10 Å². The monoisotopic (exact) mass is 240 g/mol. The van der Waals surface area contributed by atoms with E-state index in [4.69, 9.17) is 11.6 Å². The summed E-state index contributed by atoms with van der Waals surface area (Å²) in [6, 6.07) is 4.54. The molecular weight excluding hydrogens is 231 g/mol. The van der Waals surface area contributed by atoms with Gasteiger partial charge >= 0.3 is 0 Å². The van der Waals surface area contributed by atoms with E-state index >= 15 is 0 Å². The first kappa shape index (κ1) is 11.1. The molecule has 0 unspecified atom stereocenters. The van der Waals surface area contributed by atoms with E-state index in [-0.39, 0.29) is 5.56 Å². The number of benzene rings is 1. The molecule has 5 heteroatoms. The minimum Gasteiger partial charge on any atom is -0.389 e. The van der Waals surface area contributed by atoms with Gasteiger partial charge in [-0.25, -0.2) is 9.07 Å². The summed E-state index contributed by atoms with van der Waals surface area (Å²) in [5.41, 5.74) is 0.698. The molecular formula is C11H10ClFN2O. The zero-order valence-corrected chi connectivity index (χ0v) is 9.32. The van der Waals surface area contributed by atoms with Crippen LogP contribution < -0.4 is 0 Å². The standard InChI is InChI=1S/C11H10ClFN2O/c1-7(16)11-9(13)3-2-4-10(11)15-6-8(12)5-14-15/h2-7,16H,1H3/t7-/m1/s1. The summed E-state index contributed by atoms with van der Waals surface area (Å²) in [7, 11) is 0. The minimum absolute atomic E-state index is 0.210. The maximum Gasteiger partial charge on any atom is 0.131 e. The fourth-order valence-corrected chi connectivity index (χ4v) is 1.71. The van der Waals surface area contributed by atoms with Gasteiger partial charge in [-0.15, -0.1) is 0 Å². The van der Waals surface area contributed by atoms with Crippen molar-refractivity contribution >= 4 is 11.6 Å². The van der Waals surface area contributed by atoms with Crippen molar-refractivity contribution in [2.45, 2.75) is 13.0 Å². The largest absolute Gasteiger partial charge is 0.389 e. The number of aromatic nitrogens is 2. The van der Waals surface area contributed by atoms with Crippen LogP contribution >= 0.6 is 11.6 Å². The van der Waals surface area contributed by atoms with Crippen LogP contribution in [0.25, 0.3) is 5.69 Å². The first-order valence-electron chi connectivity index (χ1n) is 4.76. The van der Waals surface area contributed by atoms with Gasteiger partial charge in [0.15, 0.2) is 0 Å². The lowest BCUT2D eigenvalue weighted by molar-refractivity contribution is 0.194. The maximum atomic E-state index is 13.6. The fourth-order valence-electron chi connectivity index (χ4n) is 1.57. The Morgan fingerprint density at radius 2 is 2.25 bits per heavy atom. The molecule has 0 radical (unpaired) electrons. The highest BCUT2D eigenvalue weighted by atomic mass is 35.5. The molecule has 0 aliphatic carbocycles. The predicted octanol–water partition coefficient (Wildman–Crippen LogP) is 2.72. The van der Waals surface area contributed by atoms with E-state index in [1.807, 2.05) is 0 Å². The molecule has 1 aromatic heterocycles. The molecule has 2 aromatic rings. The van der Waals surface area contributed by atoms with E-state index in [1.54, 1.807) is 18.3 Å². The molecule has 16 heavy (non-hydrogen) atoms. The summed E-state index contributed by atoms with van der Waals surface area (Å²) in [4.78, 5) is 0. The van der Waals surface area contributed by atoms with Crippen molar-refractivity contribution in [3.8, 4) is 5.69 Å². The summed E-state index contributed by atoms with van der Waals surface area (Å²) in [6.45, 7) is 1.51. The summed E-state index contributed by atoms with van der Waals surface area (Å²) in [5, 5.41) is 14.0. The van der Waals surface area contributed by atoms with Crippen LogP contribution in [0.15, 0.2) is 30.6 Å². The fraction of sp³-hybridized carbons (Fsp3) is 0.182. The number of nitrogens with zero attached hydrogens (tertiary/aromatic N) is 2. The number of hydrogen-bond donors (Lipinski definition) is 1. The average Bonchev–Trinajstić information content (AvgIpc) is 2.63. The van der Waals surface area contributed by atoms with Crippen molar-refractivity contribution < 1.29 is 9.50 Å². The quantitative estimate of drug-likeness (QED) is 0.877. The molecule has 0 amide bonds. The lowest BCUT2D eigenvalue weighted by atomic mass is 10.1. The van der Waals surface area contributed by atoms with E-state index < -0.39 is 11.9 Å². The second kappa shape index (κ2) is 4.23. The van der Waals surface area contributed by atoms with Gasteiger partial charge in [-0.05, 0) is 19.1 Å². The summed E-state index contributed by atoms with van der Waals surface area (Å²) in [5.74, 6) is -0.459. The van der Waals surface area contributed by atoms with Gasteiger partial charge in [0.25, 0.3) is 0 Å². The Hall–Kier alpha value is -1.39. The smallest absolute Gasteiger partial charge is 0.131 e. The van der Waals surface area contributed by atoms with E-state index in [1.165, 1.54) is 23.9 Å². The third kappa shape index (κ3) is 1.94. The lowest BCUT2D eigenvalue weighted by Gasteiger charge is -2.12. The van der Waals surface area contributed by atoms with Gasteiger partial charge < -0.3 is 5.11 Å². The molecule has 0 saturated heterocycles. The zero-order valence-electron chi connectivity index (χ0n) is 8.56. The highest BCUT2D eigenvalue weighted by Crippen LogP contribution is 2.24. The second-order valence-electron chi connectivity index (χ2n) is 3.45. The van der Waals surface area contributed by atoms with Gasteiger partial charge in [-0.3, -0.25) is 0 Å². The molecule has 84 valence electrons. The van der Waals surface area contributed by atoms with Gasteiger partial charge in [0, 0.05) is 11.8 Å². The Balaban J connectivity index is 2.60. The first-order chi connectivity index (χ1) is 7.59. The van der Waals surface area contributed by atoms with Crippen molar-refractivity contribution in [2.75, 3.05) is 0 Å². The Bertz CT molecular complexity index is 510. The molecule has 3 nitrogen and oxygen atoms in total. The van der Waals surface area contributed by atoms with E-state index in [9.17, 15) is 9.50 Å². The maximum absolute atomic E-state index is 13.6. The Morgan fingerprint density at radius 3 is 2.81 bits per heavy atom. The second-order valence-corrected chi connectivity index (χ2v) is 3.89. The molecule has 0 aliphatic rings. The molecule has 0 saturated carbocycles. The predicted molar refractivity (Wildman–Crippen MR) is 59.2 cm³/mol. The number of rotatable bonds is 2. The highest BCUT2D eigenvalue weighted by molar-refractivity contribution is 6.30. The average molecular weight is 241 g/mol. The number of aliphatic hydroxyl groups is 1. The van der Waals surface area contributed by atoms with Crippen LogP contribution in [0, 0.1) is 5.82 Å². The first-order valence-corrected chi connectivity index (χ1v) is 5.14. The van der Waals surface area contributed by atoms with Gasteiger partial charge in [-0.2, -0.15) is 5.10 Å². The molecule has 0 aliphatic heterocycles. The topological polar surface area (TPSA) is 38.0 Å². The van der Waals surface area contributed by atoms with Crippen molar-refractivity contribution in [2.24, 2.45) is 0 Å². The molecule has 0 bridgehead atoms. The SMILES string of the molecule is C[C@@H](O)c1c(F)cccc1-n1cc(Cl)cn1. The van der Waals surface area contributed by atoms with Crippen molar-refractivity contribution in [3.63, 3.8) is 0 Å². The number of halogens is 2.